The molecule has 0 saturated carbocycles. The summed E-state index contributed by atoms with van der Waals surface area (Å²) in [7, 11) is 0. The van der Waals surface area contributed by atoms with Crippen LogP contribution in [-0.4, -0.2) is 45.8 Å². The summed E-state index contributed by atoms with van der Waals surface area (Å²) in [6, 6.07) is 21.1. The van der Waals surface area contributed by atoms with Gasteiger partial charge in [-0.2, -0.15) is 0 Å². The molecule has 200 valence electrons. The lowest BCUT2D eigenvalue weighted by Crippen LogP contribution is -2.29. The minimum atomic E-state index is -1.21. The topological polar surface area (TPSA) is 149 Å². The van der Waals surface area contributed by atoms with Gasteiger partial charge in [0.1, 0.15) is 0 Å². The second kappa shape index (κ2) is 9.38. The minimum Gasteiger partial charge on any atom is -0.478 e. The number of carboxylic acids is 2. The summed E-state index contributed by atoms with van der Waals surface area (Å²) in [6.07, 6.45) is 0.334. The molecule has 0 unspecified atom stereocenters. The molecule has 0 bridgehead atoms. The van der Waals surface area contributed by atoms with Crippen LogP contribution in [-0.2, 0) is 6.42 Å². The van der Waals surface area contributed by atoms with E-state index in [1.807, 2.05) is 0 Å². The van der Waals surface area contributed by atoms with E-state index in [4.69, 9.17) is 0 Å². The van der Waals surface area contributed by atoms with Crippen molar-refractivity contribution in [3.05, 3.63) is 129 Å². The fraction of sp³-hybridized carbons (Fsp3) is 0.0323. The third-order valence-electron chi connectivity index (χ3n) is 7.01. The maximum Gasteiger partial charge on any atom is 0.335 e. The Kier molecular flexibility index (Phi) is 5.81. The summed E-state index contributed by atoms with van der Waals surface area (Å²) in [5.74, 6) is -4.77. The number of aromatic carboxylic acids is 2. The number of fused-ring (bicyclic) bond motifs is 2. The molecule has 0 fully saturated rings. The maximum atomic E-state index is 13.1. The van der Waals surface area contributed by atoms with Crippen LogP contribution in [0.2, 0.25) is 0 Å². The number of nitrogens with zero attached hydrogens (tertiary/aromatic N) is 2. The molecule has 2 N–H and O–H groups in total. The molecule has 4 aromatic carbocycles. The normalized spacial score (nSPS) is 14.0. The minimum absolute atomic E-state index is 0.0180. The molecule has 2 aliphatic rings. The van der Waals surface area contributed by atoms with Crippen molar-refractivity contribution in [2.75, 3.05) is 9.80 Å². The van der Waals surface area contributed by atoms with Crippen LogP contribution in [0.15, 0.2) is 84.9 Å². The molecular formula is C31H18N2O8. The first-order valence-corrected chi connectivity index (χ1v) is 12.3. The van der Waals surface area contributed by atoms with E-state index in [0.717, 1.165) is 20.9 Å². The second-order valence-corrected chi connectivity index (χ2v) is 9.54. The monoisotopic (exact) mass is 546 g/mol. The Morgan fingerprint density at radius 1 is 0.512 bits per heavy atom. The van der Waals surface area contributed by atoms with Crippen LogP contribution in [0.3, 0.4) is 0 Å². The molecule has 4 aromatic rings. The van der Waals surface area contributed by atoms with Crippen LogP contribution >= 0.6 is 0 Å². The predicted octanol–water partition coefficient (Wildman–Crippen LogP) is 4.28. The van der Waals surface area contributed by atoms with Crippen molar-refractivity contribution in [1.29, 1.82) is 0 Å². The predicted molar refractivity (Wildman–Crippen MR) is 145 cm³/mol. The van der Waals surface area contributed by atoms with E-state index >= 15 is 0 Å². The van der Waals surface area contributed by atoms with E-state index in [1.54, 1.807) is 48.5 Å². The Morgan fingerprint density at radius 2 is 0.902 bits per heavy atom. The molecule has 2 heterocycles. The Balaban J connectivity index is 1.26. The molecule has 6 rings (SSSR count). The van der Waals surface area contributed by atoms with Crippen molar-refractivity contribution >= 4 is 46.9 Å². The van der Waals surface area contributed by atoms with Crippen LogP contribution in [0.1, 0.15) is 73.3 Å². The number of carbonyl (C=O) groups excluding carboxylic acids is 4. The van der Waals surface area contributed by atoms with E-state index in [-0.39, 0.29) is 33.4 Å². The van der Waals surface area contributed by atoms with E-state index < -0.39 is 35.6 Å². The lowest BCUT2D eigenvalue weighted by Gasteiger charge is -2.16. The number of benzene rings is 4. The first kappa shape index (κ1) is 25.4. The van der Waals surface area contributed by atoms with Crippen molar-refractivity contribution in [1.82, 2.24) is 0 Å². The van der Waals surface area contributed by atoms with Gasteiger partial charge in [0.05, 0.1) is 44.8 Å². The number of amides is 4. The van der Waals surface area contributed by atoms with Gasteiger partial charge < -0.3 is 10.2 Å². The number of carboxylic acid groups (broad SMARTS) is 2. The van der Waals surface area contributed by atoms with Crippen molar-refractivity contribution in [3.8, 4) is 0 Å². The summed E-state index contributed by atoms with van der Waals surface area (Å²) < 4.78 is 0. The molecule has 41 heavy (non-hydrogen) atoms. The fourth-order valence-electron chi connectivity index (χ4n) is 5.06. The molecule has 0 aromatic heterocycles. The number of carbonyl (C=O) groups is 6. The number of anilines is 2. The SMILES string of the molecule is O=C(O)c1ccc2c(c1)C(=O)N(c1cccc(Cc3cccc(N4C(=O)c5ccc(C(=O)O)cc5C4=O)c3)c1)C2=O. The molecule has 0 aliphatic carbocycles. The summed E-state index contributed by atoms with van der Waals surface area (Å²) in [6.45, 7) is 0. The smallest absolute Gasteiger partial charge is 0.335 e. The molecule has 10 heteroatoms. The zero-order valence-corrected chi connectivity index (χ0v) is 21.0. The van der Waals surface area contributed by atoms with E-state index in [2.05, 4.69) is 0 Å². The Bertz CT molecular complexity index is 1740. The number of imide groups is 2. The highest BCUT2D eigenvalue weighted by molar-refractivity contribution is 6.35. The van der Waals surface area contributed by atoms with Crippen LogP contribution in [0.4, 0.5) is 11.4 Å². The van der Waals surface area contributed by atoms with Gasteiger partial charge in [-0.25, -0.2) is 19.4 Å². The Hall–Kier alpha value is -5.90. The van der Waals surface area contributed by atoms with Gasteiger partial charge in [-0.15, -0.1) is 0 Å². The van der Waals surface area contributed by atoms with Crippen molar-refractivity contribution < 1.29 is 39.0 Å². The zero-order valence-electron chi connectivity index (χ0n) is 21.0. The van der Waals surface area contributed by atoms with Crippen molar-refractivity contribution in [2.45, 2.75) is 6.42 Å². The molecule has 0 radical (unpaired) electrons. The first-order valence-electron chi connectivity index (χ1n) is 12.3. The average molecular weight is 546 g/mol. The number of hydrogen-bond acceptors (Lipinski definition) is 6. The summed E-state index contributed by atoms with van der Waals surface area (Å²) in [4.78, 5) is 76.8. The lowest BCUT2D eigenvalue weighted by molar-refractivity contribution is 0.0686. The third kappa shape index (κ3) is 4.14. The molecule has 0 atom stereocenters. The molecule has 4 amide bonds. The lowest BCUT2D eigenvalue weighted by atomic mass is 10.0. The van der Waals surface area contributed by atoms with E-state index in [1.165, 1.54) is 36.4 Å². The highest BCUT2D eigenvalue weighted by atomic mass is 16.4. The van der Waals surface area contributed by atoms with Gasteiger partial charge in [0, 0.05) is 0 Å². The molecule has 10 nitrogen and oxygen atoms in total. The van der Waals surface area contributed by atoms with Crippen molar-refractivity contribution in [3.63, 3.8) is 0 Å². The van der Waals surface area contributed by atoms with Crippen LogP contribution in [0.25, 0.3) is 0 Å². The van der Waals surface area contributed by atoms with Gasteiger partial charge in [-0.1, -0.05) is 24.3 Å². The average Bonchev–Trinajstić information content (AvgIpc) is 3.36. The molecule has 0 spiro atoms. The standard InChI is InChI=1S/C31H18N2O8/c34-26-22-9-7-18(30(38)39)14-24(22)28(36)32(26)20-5-1-3-16(12-20)11-17-4-2-6-21(13-17)33-27(35)23-10-8-19(31(40)41)15-25(23)29(33)37/h1-10,12-15H,11H2,(H,38,39)(H,40,41). The van der Waals surface area contributed by atoms with Crippen molar-refractivity contribution in [2.24, 2.45) is 0 Å². The summed E-state index contributed by atoms with van der Waals surface area (Å²) in [5, 5.41) is 18.5. The van der Waals surface area contributed by atoms with Gasteiger partial charge in [0.15, 0.2) is 0 Å². The zero-order chi connectivity index (χ0) is 29.0. The van der Waals surface area contributed by atoms with E-state index in [0.29, 0.717) is 17.8 Å². The van der Waals surface area contributed by atoms with Crippen LogP contribution in [0, 0.1) is 0 Å². The fourth-order valence-corrected chi connectivity index (χ4v) is 5.06. The van der Waals surface area contributed by atoms with Crippen LogP contribution in [0.5, 0.6) is 0 Å². The first-order chi connectivity index (χ1) is 19.6. The second-order valence-electron chi connectivity index (χ2n) is 9.54. The van der Waals surface area contributed by atoms with Gasteiger partial charge in [0.2, 0.25) is 0 Å². The van der Waals surface area contributed by atoms with E-state index in [9.17, 15) is 39.0 Å². The maximum absolute atomic E-state index is 13.1. The Morgan fingerprint density at radius 3 is 1.29 bits per heavy atom. The molecular weight excluding hydrogens is 528 g/mol. The quantitative estimate of drug-likeness (QED) is 0.341. The summed E-state index contributed by atoms with van der Waals surface area (Å²) in [5.41, 5.74) is 2.18. The van der Waals surface area contributed by atoms with Gasteiger partial charge in [0.25, 0.3) is 23.6 Å². The third-order valence-corrected chi connectivity index (χ3v) is 7.01. The number of rotatable bonds is 6. The van der Waals surface area contributed by atoms with Gasteiger partial charge >= 0.3 is 11.9 Å². The molecule has 0 saturated heterocycles. The number of hydrogen-bond donors (Lipinski definition) is 2. The van der Waals surface area contributed by atoms with Crippen LogP contribution < -0.4 is 9.80 Å². The Labute approximate surface area is 231 Å². The summed E-state index contributed by atoms with van der Waals surface area (Å²) >= 11 is 0. The highest BCUT2D eigenvalue weighted by Crippen LogP contribution is 2.32. The molecule has 2 aliphatic heterocycles. The largest absolute Gasteiger partial charge is 0.478 e. The highest BCUT2D eigenvalue weighted by Gasteiger charge is 2.38. The van der Waals surface area contributed by atoms with Gasteiger partial charge in [-0.05, 0) is 78.2 Å². The van der Waals surface area contributed by atoms with Gasteiger partial charge in [-0.3, -0.25) is 19.2 Å².